The molecule has 1 N–H and O–H groups in total. The highest BCUT2D eigenvalue weighted by Gasteiger charge is 2.32. The van der Waals surface area contributed by atoms with Gasteiger partial charge in [-0.25, -0.2) is 0 Å². The van der Waals surface area contributed by atoms with Crippen LogP contribution in [0.4, 0.5) is 0 Å². The second-order valence-corrected chi connectivity index (χ2v) is 6.48. The molecule has 1 aliphatic heterocycles. The van der Waals surface area contributed by atoms with E-state index in [1.807, 2.05) is 0 Å². The number of rotatable bonds is 9. The first kappa shape index (κ1) is 15.5. The molecule has 2 unspecified atom stereocenters. The lowest BCUT2D eigenvalue weighted by molar-refractivity contribution is -0.124. The van der Waals surface area contributed by atoms with Gasteiger partial charge in [-0.05, 0) is 12.8 Å². The Labute approximate surface area is 114 Å². The number of carbonyl (C=O) groups excluding carboxylic acids is 2. The van der Waals surface area contributed by atoms with Crippen molar-refractivity contribution in [2.75, 3.05) is 0 Å². The van der Waals surface area contributed by atoms with Crippen molar-refractivity contribution in [3.05, 3.63) is 0 Å². The van der Waals surface area contributed by atoms with E-state index in [4.69, 9.17) is 0 Å². The monoisotopic (exact) mass is 271 g/mol. The quantitative estimate of drug-likeness (QED) is 0.517. The van der Waals surface area contributed by atoms with Gasteiger partial charge in [-0.15, -0.1) is 11.8 Å². The average molecular weight is 271 g/mol. The summed E-state index contributed by atoms with van der Waals surface area (Å²) >= 11 is 1.70. The maximum atomic E-state index is 11.5. The maximum absolute atomic E-state index is 11.5. The van der Waals surface area contributed by atoms with E-state index in [0.29, 0.717) is 11.7 Å². The third-order valence-electron chi connectivity index (χ3n) is 3.37. The largest absolute Gasteiger partial charge is 0.295 e. The summed E-state index contributed by atoms with van der Waals surface area (Å²) in [4.78, 5) is 22.6. The molecule has 0 bridgehead atoms. The van der Waals surface area contributed by atoms with E-state index in [1.54, 1.807) is 11.8 Å². The van der Waals surface area contributed by atoms with Gasteiger partial charge >= 0.3 is 0 Å². The Morgan fingerprint density at radius 2 is 1.94 bits per heavy atom. The number of nitrogens with one attached hydrogen (secondary N) is 1. The third-order valence-corrected chi connectivity index (χ3v) is 5.03. The summed E-state index contributed by atoms with van der Waals surface area (Å²) in [5, 5.41) is 2.76. The molecule has 4 heteroatoms. The molecule has 104 valence electrons. The van der Waals surface area contributed by atoms with Gasteiger partial charge in [0.15, 0.2) is 0 Å². The van der Waals surface area contributed by atoms with E-state index in [-0.39, 0.29) is 17.1 Å². The van der Waals surface area contributed by atoms with Crippen LogP contribution in [0, 0.1) is 0 Å². The van der Waals surface area contributed by atoms with Crippen LogP contribution in [0.25, 0.3) is 0 Å². The number of unbranched alkanes of at least 4 members (excludes halogenated alkanes) is 4. The van der Waals surface area contributed by atoms with E-state index in [9.17, 15) is 9.59 Å². The second kappa shape index (κ2) is 8.57. The van der Waals surface area contributed by atoms with Crippen molar-refractivity contribution in [2.45, 2.75) is 75.7 Å². The maximum Gasteiger partial charge on any atom is 0.240 e. The van der Waals surface area contributed by atoms with Gasteiger partial charge in [-0.1, -0.05) is 46.0 Å². The molecule has 2 atom stereocenters. The molecule has 1 aliphatic rings. The second-order valence-electron chi connectivity index (χ2n) is 4.97. The fourth-order valence-corrected chi connectivity index (χ4v) is 3.61. The molecule has 1 saturated heterocycles. The zero-order chi connectivity index (χ0) is 13.4. The molecular formula is C14H25NO2S. The first-order chi connectivity index (χ1) is 8.67. The van der Waals surface area contributed by atoms with Crippen LogP contribution in [-0.4, -0.2) is 22.3 Å². The lowest BCUT2D eigenvalue weighted by atomic mass is 10.1. The smallest absolute Gasteiger partial charge is 0.240 e. The number of hydrogen-bond acceptors (Lipinski definition) is 3. The Morgan fingerprint density at radius 1 is 1.22 bits per heavy atom. The van der Waals surface area contributed by atoms with Gasteiger partial charge in [0.05, 0.1) is 5.25 Å². The van der Waals surface area contributed by atoms with Gasteiger partial charge in [0, 0.05) is 11.7 Å². The first-order valence-electron chi connectivity index (χ1n) is 7.16. The Kier molecular flexibility index (Phi) is 7.40. The van der Waals surface area contributed by atoms with Crippen molar-refractivity contribution in [3.8, 4) is 0 Å². The van der Waals surface area contributed by atoms with Crippen LogP contribution >= 0.6 is 11.8 Å². The Bertz CT molecular complexity index is 281. The summed E-state index contributed by atoms with van der Waals surface area (Å²) in [5.74, 6) is -0.204. The van der Waals surface area contributed by atoms with Crippen molar-refractivity contribution in [3.63, 3.8) is 0 Å². The average Bonchev–Trinajstić information content (AvgIpc) is 2.66. The van der Waals surface area contributed by atoms with Crippen LogP contribution in [0.5, 0.6) is 0 Å². The third kappa shape index (κ3) is 5.42. The number of imide groups is 1. The first-order valence-corrected chi connectivity index (χ1v) is 8.10. The van der Waals surface area contributed by atoms with Crippen molar-refractivity contribution >= 4 is 23.6 Å². The van der Waals surface area contributed by atoms with Gasteiger partial charge in [-0.3, -0.25) is 14.9 Å². The van der Waals surface area contributed by atoms with Gasteiger partial charge in [0.2, 0.25) is 11.8 Å². The van der Waals surface area contributed by atoms with Gasteiger partial charge in [0.25, 0.3) is 0 Å². The number of amides is 2. The van der Waals surface area contributed by atoms with Crippen LogP contribution < -0.4 is 5.32 Å². The minimum Gasteiger partial charge on any atom is -0.295 e. The summed E-state index contributed by atoms with van der Waals surface area (Å²) in [5.41, 5.74) is 0. The van der Waals surface area contributed by atoms with E-state index in [0.717, 1.165) is 6.42 Å². The number of thioether (sulfide) groups is 1. The summed E-state index contributed by atoms with van der Waals surface area (Å²) in [6, 6.07) is 0. The molecule has 18 heavy (non-hydrogen) atoms. The highest BCUT2D eigenvalue weighted by atomic mass is 32.2. The summed E-state index contributed by atoms with van der Waals surface area (Å²) in [6.45, 7) is 4.39. The van der Waals surface area contributed by atoms with E-state index in [2.05, 4.69) is 19.2 Å². The highest BCUT2D eigenvalue weighted by Crippen LogP contribution is 2.29. The minimum atomic E-state index is -0.141. The van der Waals surface area contributed by atoms with Gasteiger partial charge in [-0.2, -0.15) is 0 Å². The summed E-state index contributed by atoms with van der Waals surface area (Å²) in [6.07, 6.45) is 9.07. The van der Waals surface area contributed by atoms with Crippen molar-refractivity contribution in [1.29, 1.82) is 0 Å². The molecule has 0 spiro atoms. The van der Waals surface area contributed by atoms with Crippen molar-refractivity contribution < 1.29 is 9.59 Å². The molecule has 0 aromatic carbocycles. The summed E-state index contributed by atoms with van der Waals surface area (Å²) in [7, 11) is 0. The normalized spacial score (nSPS) is 21.1. The lowest BCUT2D eigenvalue weighted by Crippen LogP contribution is -2.24. The zero-order valence-electron chi connectivity index (χ0n) is 11.5. The fraction of sp³-hybridized carbons (Fsp3) is 0.857. The molecule has 1 heterocycles. The molecule has 0 radical (unpaired) electrons. The molecular weight excluding hydrogens is 246 g/mol. The molecule has 0 aromatic heterocycles. The van der Waals surface area contributed by atoms with E-state index in [1.165, 1.54) is 38.5 Å². The van der Waals surface area contributed by atoms with E-state index >= 15 is 0 Å². The Morgan fingerprint density at radius 3 is 2.50 bits per heavy atom. The van der Waals surface area contributed by atoms with E-state index < -0.39 is 0 Å². The predicted octanol–water partition coefficient (Wildman–Crippen LogP) is 3.27. The minimum absolute atomic E-state index is 0.0885. The predicted molar refractivity (Wildman–Crippen MR) is 76.6 cm³/mol. The molecule has 1 rings (SSSR count). The molecule has 0 aliphatic carbocycles. The molecule has 0 aromatic rings. The van der Waals surface area contributed by atoms with Crippen LogP contribution in [0.2, 0.25) is 0 Å². The zero-order valence-corrected chi connectivity index (χ0v) is 12.4. The summed E-state index contributed by atoms with van der Waals surface area (Å²) < 4.78 is 0. The highest BCUT2D eigenvalue weighted by molar-refractivity contribution is 8.01. The van der Waals surface area contributed by atoms with Crippen LogP contribution in [-0.2, 0) is 9.59 Å². The molecule has 3 nitrogen and oxygen atoms in total. The van der Waals surface area contributed by atoms with Crippen molar-refractivity contribution in [2.24, 2.45) is 0 Å². The van der Waals surface area contributed by atoms with Crippen LogP contribution in [0.1, 0.15) is 65.2 Å². The van der Waals surface area contributed by atoms with Crippen LogP contribution in [0.15, 0.2) is 0 Å². The fourth-order valence-electron chi connectivity index (χ4n) is 2.22. The lowest BCUT2D eigenvalue weighted by Gasteiger charge is -2.16. The van der Waals surface area contributed by atoms with Crippen molar-refractivity contribution in [1.82, 2.24) is 5.32 Å². The number of hydrogen-bond donors (Lipinski definition) is 1. The van der Waals surface area contributed by atoms with Gasteiger partial charge < -0.3 is 0 Å². The van der Waals surface area contributed by atoms with Gasteiger partial charge in [0.1, 0.15) is 0 Å². The Balaban J connectivity index is 2.20. The molecule has 0 saturated carbocycles. The Hall–Kier alpha value is -0.510. The van der Waals surface area contributed by atoms with Crippen LogP contribution in [0.3, 0.4) is 0 Å². The molecule has 2 amide bonds. The topological polar surface area (TPSA) is 46.2 Å². The number of carbonyl (C=O) groups is 2. The molecule has 1 fully saturated rings. The SMILES string of the molecule is CCCCCCCC(CC)SC1CC(=O)NC1=O. The standard InChI is InChI=1S/C14H25NO2S/c1-3-5-6-7-8-9-11(4-2)18-12-10-13(16)15-14(12)17/h11-12H,3-10H2,1-2H3,(H,15,16,17).